The second kappa shape index (κ2) is 2.49. The molecule has 46 valence electrons. The number of nitrogens with zero attached hydrogens (tertiary/aromatic N) is 1. The van der Waals surface area contributed by atoms with E-state index in [2.05, 4.69) is 19.2 Å². The Morgan fingerprint density at radius 3 is 2.75 bits per heavy atom. The fraction of sp³-hybridized carbons (Fsp3) is 0.857. The van der Waals surface area contributed by atoms with Crippen LogP contribution in [0.25, 0.3) is 0 Å². The first-order valence-electron chi connectivity index (χ1n) is 3.26. The van der Waals surface area contributed by atoms with Crippen LogP contribution in [0.2, 0.25) is 0 Å². The Bertz CT molecular complexity index is 60.8. The molecule has 0 N–H and O–H groups in total. The molecule has 2 radical (unpaired) electrons. The monoisotopic (exact) mass is 111 g/mol. The average Bonchev–Trinajstić information content (AvgIpc) is 1.77. The van der Waals surface area contributed by atoms with E-state index in [1.807, 2.05) is 0 Å². The summed E-state index contributed by atoms with van der Waals surface area (Å²) >= 11 is 0. The molecule has 0 aliphatic carbocycles. The molecule has 0 saturated carbocycles. The largest absolute Gasteiger partial charge is 0.241 e. The quantitative estimate of drug-likeness (QED) is 0.446. The van der Waals surface area contributed by atoms with E-state index in [-0.39, 0.29) is 0 Å². The molecule has 1 rings (SSSR count). The molecule has 0 spiro atoms. The molecular formula is C7H13N. The number of hydrogen-bond donors (Lipinski definition) is 0. The van der Waals surface area contributed by atoms with Crippen molar-refractivity contribution in [1.29, 1.82) is 0 Å². The predicted octanol–water partition coefficient (Wildman–Crippen LogP) is 1.22. The van der Waals surface area contributed by atoms with Crippen molar-refractivity contribution in [2.24, 2.45) is 5.92 Å². The molecule has 0 amide bonds. The first kappa shape index (κ1) is 6.09. The molecule has 1 nitrogen and oxygen atoms in total. The Balaban J connectivity index is 2.28. The molecule has 0 bridgehead atoms. The van der Waals surface area contributed by atoms with Crippen molar-refractivity contribution < 1.29 is 0 Å². The van der Waals surface area contributed by atoms with Gasteiger partial charge in [0.1, 0.15) is 0 Å². The van der Waals surface area contributed by atoms with Crippen LogP contribution < -0.4 is 5.32 Å². The Kier molecular flexibility index (Phi) is 1.90. The maximum Gasteiger partial charge on any atom is 0.0164 e. The zero-order valence-corrected chi connectivity index (χ0v) is 5.65. The SMILES string of the molecule is C[C]1CC[N]CC1C. The van der Waals surface area contributed by atoms with Gasteiger partial charge < -0.3 is 0 Å². The van der Waals surface area contributed by atoms with Crippen molar-refractivity contribution in [2.45, 2.75) is 20.3 Å². The van der Waals surface area contributed by atoms with Gasteiger partial charge in [-0.2, -0.15) is 0 Å². The molecule has 0 aromatic carbocycles. The van der Waals surface area contributed by atoms with E-state index >= 15 is 0 Å². The highest BCUT2D eigenvalue weighted by molar-refractivity contribution is 4.94. The van der Waals surface area contributed by atoms with E-state index in [0.29, 0.717) is 0 Å². The first-order valence-corrected chi connectivity index (χ1v) is 3.26. The highest BCUT2D eigenvalue weighted by Gasteiger charge is 2.16. The van der Waals surface area contributed by atoms with Gasteiger partial charge in [-0.25, -0.2) is 5.32 Å². The van der Waals surface area contributed by atoms with Gasteiger partial charge in [-0.05, 0) is 18.3 Å². The van der Waals surface area contributed by atoms with Crippen LogP contribution >= 0.6 is 0 Å². The summed E-state index contributed by atoms with van der Waals surface area (Å²) in [5.41, 5.74) is 0. The minimum atomic E-state index is 0.753. The van der Waals surface area contributed by atoms with E-state index < -0.39 is 0 Å². The summed E-state index contributed by atoms with van der Waals surface area (Å²) in [6, 6.07) is 0. The second-order valence-electron chi connectivity index (χ2n) is 2.63. The highest BCUT2D eigenvalue weighted by atomic mass is 14.9. The topological polar surface area (TPSA) is 14.1 Å². The van der Waals surface area contributed by atoms with Crippen molar-refractivity contribution in [3.8, 4) is 0 Å². The Morgan fingerprint density at radius 2 is 2.38 bits per heavy atom. The lowest BCUT2D eigenvalue weighted by Gasteiger charge is -2.23. The lowest BCUT2D eigenvalue weighted by Crippen LogP contribution is -2.27. The van der Waals surface area contributed by atoms with Crippen LogP contribution in [0.3, 0.4) is 0 Å². The third kappa shape index (κ3) is 1.22. The van der Waals surface area contributed by atoms with Crippen LogP contribution in [-0.2, 0) is 0 Å². The molecular weight excluding hydrogens is 98.1 g/mol. The van der Waals surface area contributed by atoms with E-state index in [0.717, 1.165) is 19.0 Å². The standard InChI is InChI=1S/C7H13N/c1-6-3-4-8-5-7(6)2/h7H,3-5H2,1-2H3. The molecule has 0 aromatic rings. The zero-order valence-electron chi connectivity index (χ0n) is 5.65. The summed E-state index contributed by atoms with van der Waals surface area (Å²) < 4.78 is 0. The zero-order chi connectivity index (χ0) is 5.98. The normalized spacial score (nSPS) is 33.0. The van der Waals surface area contributed by atoms with Crippen molar-refractivity contribution in [3.63, 3.8) is 0 Å². The van der Waals surface area contributed by atoms with Gasteiger partial charge in [-0.15, -0.1) is 0 Å². The maximum absolute atomic E-state index is 4.29. The number of piperidine rings is 1. The van der Waals surface area contributed by atoms with Crippen LogP contribution in [0.15, 0.2) is 0 Å². The molecule has 1 atom stereocenters. The Hall–Kier alpha value is -0.0400. The minimum Gasteiger partial charge on any atom is -0.241 e. The molecule has 1 saturated heterocycles. The maximum atomic E-state index is 4.29. The van der Waals surface area contributed by atoms with Crippen LogP contribution in [-0.4, -0.2) is 13.1 Å². The van der Waals surface area contributed by atoms with Crippen molar-refractivity contribution in [3.05, 3.63) is 5.92 Å². The van der Waals surface area contributed by atoms with Gasteiger partial charge >= 0.3 is 0 Å². The third-order valence-electron chi connectivity index (χ3n) is 1.91. The summed E-state index contributed by atoms with van der Waals surface area (Å²) in [6.45, 7) is 6.61. The lowest BCUT2D eigenvalue weighted by molar-refractivity contribution is 0.435. The fourth-order valence-electron chi connectivity index (χ4n) is 0.943. The molecule has 1 fully saturated rings. The van der Waals surface area contributed by atoms with E-state index in [9.17, 15) is 0 Å². The molecule has 8 heavy (non-hydrogen) atoms. The second-order valence-corrected chi connectivity index (χ2v) is 2.63. The van der Waals surface area contributed by atoms with E-state index in [1.165, 1.54) is 6.42 Å². The van der Waals surface area contributed by atoms with Gasteiger partial charge in [0.2, 0.25) is 0 Å². The van der Waals surface area contributed by atoms with Crippen LogP contribution in [0.5, 0.6) is 0 Å². The molecule has 0 aromatic heterocycles. The van der Waals surface area contributed by atoms with Crippen LogP contribution in [0.4, 0.5) is 0 Å². The Labute approximate surface area is 51.5 Å². The number of rotatable bonds is 0. The number of hydrogen-bond acceptors (Lipinski definition) is 0. The predicted molar refractivity (Wildman–Crippen MR) is 34.6 cm³/mol. The molecule has 1 heteroatoms. The summed E-state index contributed by atoms with van der Waals surface area (Å²) in [4.78, 5) is 0. The first-order chi connectivity index (χ1) is 3.80. The fourth-order valence-corrected chi connectivity index (χ4v) is 0.943. The van der Waals surface area contributed by atoms with Crippen LogP contribution in [0.1, 0.15) is 20.3 Å². The smallest absolute Gasteiger partial charge is 0.0164 e. The van der Waals surface area contributed by atoms with Gasteiger partial charge in [0.25, 0.3) is 0 Å². The molecule has 1 aliphatic rings. The van der Waals surface area contributed by atoms with Crippen molar-refractivity contribution >= 4 is 0 Å². The summed E-state index contributed by atoms with van der Waals surface area (Å²) in [6.07, 6.45) is 1.22. The van der Waals surface area contributed by atoms with Crippen molar-refractivity contribution in [1.82, 2.24) is 5.32 Å². The summed E-state index contributed by atoms with van der Waals surface area (Å²) in [7, 11) is 0. The van der Waals surface area contributed by atoms with E-state index in [1.54, 1.807) is 5.92 Å². The average molecular weight is 111 g/mol. The van der Waals surface area contributed by atoms with Gasteiger partial charge in [0.05, 0.1) is 0 Å². The molecule has 1 heterocycles. The van der Waals surface area contributed by atoms with Crippen molar-refractivity contribution in [2.75, 3.05) is 13.1 Å². The highest BCUT2D eigenvalue weighted by Crippen LogP contribution is 2.19. The lowest BCUT2D eigenvalue weighted by atomic mass is 9.90. The van der Waals surface area contributed by atoms with Gasteiger partial charge in [0, 0.05) is 13.1 Å². The van der Waals surface area contributed by atoms with Gasteiger partial charge in [0.15, 0.2) is 0 Å². The van der Waals surface area contributed by atoms with Crippen LogP contribution in [0, 0.1) is 11.8 Å². The third-order valence-corrected chi connectivity index (χ3v) is 1.91. The molecule has 1 aliphatic heterocycles. The minimum absolute atomic E-state index is 0.753. The van der Waals surface area contributed by atoms with Gasteiger partial charge in [-0.1, -0.05) is 13.8 Å². The van der Waals surface area contributed by atoms with E-state index in [4.69, 9.17) is 0 Å². The summed E-state index contributed by atoms with van der Waals surface area (Å²) in [5.74, 6) is 2.38. The Morgan fingerprint density at radius 1 is 1.62 bits per heavy atom. The summed E-state index contributed by atoms with van der Waals surface area (Å²) in [5, 5.41) is 4.29. The molecule has 1 unspecified atom stereocenters. The van der Waals surface area contributed by atoms with Gasteiger partial charge in [-0.3, -0.25) is 0 Å².